The maximum Gasteiger partial charge on any atom is 0.141 e. The monoisotopic (exact) mass is 345 g/mol. The van der Waals surface area contributed by atoms with Crippen LogP contribution in [0.1, 0.15) is 17.2 Å². The molecule has 2 aromatic rings. The van der Waals surface area contributed by atoms with Gasteiger partial charge >= 0.3 is 0 Å². The molecule has 0 fully saturated rings. The first-order valence-corrected chi connectivity index (χ1v) is 6.79. The van der Waals surface area contributed by atoms with Crippen LogP contribution in [0.25, 0.3) is 0 Å². The molecule has 2 rings (SSSR count). The molecular formula is C14H11BrClF2N. The van der Waals surface area contributed by atoms with E-state index >= 15 is 0 Å². The summed E-state index contributed by atoms with van der Waals surface area (Å²) >= 11 is 9.05. The van der Waals surface area contributed by atoms with Crippen LogP contribution in [0.3, 0.4) is 0 Å². The zero-order valence-electron chi connectivity index (χ0n) is 9.84. The average molecular weight is 347 g/mol. The van der Waals surface area contributed by atoms with Crippen LogP contribution >= 0.6 is 27.5 Å². The Bertz CT molecular complexity index is 604. The van der Waals surface area contributed by atoms with E-state index in [1.54, 1.807) is 12.1 Å². The van der Waals surface area contributed by atoms with E-state index < -0.39 is 11.9 Å². The molecule has 0 amide bonds. The molecule has 1 unspecified atom stereocenters. The predicted molar refractivity (Wildman–Crippen MR) is 76.1 cm³/mol. The van der Waals surface area contributed by atoms with E-state index in [0.717, 1.165) is 10.0 Å². The second kappa shape index (κ2) is 5.99. The fraction of sp³-hybridized carbons (Fsp3) is 0.143. The number of nitrogens with two attached hydrogens (primary N) is 1. The highest BCUT2D eigenvalue weighted by Crippen LogP contribution is 2.26. The second-order valence-electron chi connectivity index (χ2n) is 4.22. The average Bonchev–Trinajstić information content (AvgIpc) is 2.36. The predicted octanol–water partition coefficient (Wildman–Crippen LogP) is 4.62. The van der Waals surface area contributed by atoms with E-state index in [-0.39, 0.29) is 10.8 Å². The summed E-state index contributed by atoms with van der Waals surface area (Å²) in [5.74, 6) is -0.809. The topological polar surface area (TPSA) is 26.0 Å². The van der Waals surface area contributed by atoms with E-state index in [0.29, 0.717) is 12.0 Å². The molecule has 2 N–H and O–H groups in total. The quantitative estimate of drug-likeness (QED) is 0.862. The minimum atomic E-state index is -0.467. The molecule has 0 aliphatic heterocycles. The molecule has 0 saturated carbocycles. The molecule has 0 aliphatic rings. The molecule has 0 spiro atoms. The summed E-state index contributed by atoms with van der Waals surface area (Å²) in [6.45, 7) is 0. The van der Waals surface area contributed by atoms with Crippen LogP contribution < -0.4 is 5.73 Å². The molecule has 5 heteroatoms. The number of hydrogen-bond acceptors (Lipinski definition) is 1. The molecular weight excluding hydrogens is 336 g/mol. The van der Waals surface area contributed by atoms with Crippen molar-refractivity contribution in [1.29, 1.82) is 0 Å². The van der Waals surface area contributed by atoms with Crippen LogP contribution in [0.4, 0.5) is 8.78 Å². The Kier molecular flexibility index (Phi) is 4.55. The summed E-state index contributed by atoms with van der Waals surface area (Å²) in [7, 11) is 0. The molecule has 100 valence electrons. The zero-order valence-corrected chi connectivity index (χ0v) is 12.2. The molecule has 0 bridgehead atoms. The summed E-state index contributed by atoms with van der Waals surface area (Å²) in [4.78, 5) is 0. The Hall–Kier alpha value is -0.970. The van der Waals surface area contributed by atoms with E-state index in [9.17, 15) is 8.78 Å². The highest BCUT2D eigenvalue weighted by molar-refractivity contribution is 9.10. The minimum Gasteiger partial charge on any atom is -0.324 e. The van der Waals surface area contributed by atoms with Gasteiger partial charge in [0.15, 0.2) is 0 Å². The van der Waals surface area contributed by atoms with Crippen molar-refractivity contribution in [2.75, 3.05) is 0 Å². The minimum absolute atomic E-state index is 0.0583. The Morgan fingerprint density at radius 1 is 1.16 bits per heavy atom. The van der Waals surface area contributed by atoms with Gasteiger partial charge in [-0.15, -0.1) is 0 Å². The molecule has 1 nitrogen and oxygen atoms in total. The first-order chi connectivity index (χ1) is 8.97. The third-order valence-corrected chi connectivity index (χ3v) is 3.81. The molecule has 0 heterocycles. The first-order valence-electron chi connectivity index (χ1n) is 5.62. The second-order valence-corrected chi connectivity index (χ2v) is 5.49. The largest absolute Gasteiger partial charge is 0.324 e. The highest BCUT2D eigenvalue weighted by atomic mass is 79.9. The van der Waals surface area contributed by atoms with Crippen molar-refractivity contribution >= 4 is 27.5 Å². The fourth-order valence-corrected chi connectivity index (χ4v) is 2.57. The van der Waals surface area contributed by atoms with Gasteiger partial charge in [-0.2, -0.15) is 0 Å². The summed E-state index contributed by atoms with van der Waals surface area (Å²) < 4.78 is 27.0. The molecule has 1 atom stereocenters. The summed E-state index contributed by atoms with van der Waals surface area (Å²) in [5, 5.41) is 0.0583. The van der Waals surface area contributed by atoms with Crippen molar-refractivity contribution in [3.05, 3.63) is 68.7 Å². The number of benzene rings is 2. The van der Waals surface area contributed by atoms with Gasteiger partial charge in [0.05, 0.1) is 5.02 Å². The SMILES string of the molecule is NC(Cc1ccc(F)c(Cl)c1)c1cc(F)ccc1Br. The Balaban J connectivity index is 2.22. The molecule has 0 aromatic heterocycles. The van der Waals surface area contributed by atoms with E-state index in [1.807, 2.05) is 0 Å². The normalized spacial score (nSPS) is 12.5. The van der Waals surface area contributed by atoms with Crippen molar-refractivity contribution in [3.63, 3.8) is 0 Å². The molecule has 19 heavy (non-hydrogen) atoms. The van der Waals surface area contributed by atoms with Crippen LogP contribution in [-0.4, -0.2) is 0 Å². The smallest absolute Gasteiger partial charge is 0.141 e. The number of hydrogen-bond donors (Lipinski definition) is 1. The Morgan fingerprint density at radius 3 is 2.58 bits per heavy atom. The lowest BCUT2D eigenvalue weighted by atomic mass is 9.99. The van der Waals surface area contributed by atoms with Gasteiger partial charge in [0.25, 0.3) is 0 Å². The van der Waals surface area contributed by atoms with Crippen LogP contribution in [0.15, 0.2) is 40.9 Å². The van der Waals surface area contributed by atoms with Gasteiger partial charge in [-0.1, -0.05) is 33.6 Å². The lowest BCUT2D eigenvalue weighted by Gasteiger charge is -2.14. The maximum absolute atomic E-state index is 13.2. The van der Waals surface area contributed by atoms with Crippen molar-refractivity contribution in [3.8, 4) is 0 Å². The lowest BCUT2D eigenvalue weighted by Crippen LogP contribution is -2.14. The highest BCUT2D eigenvalue weighted by Gasteiger charge is 2.12. The van der Waals surface area contributed by atoms with Gasteiger partial charge in [0.1, 0.15) is 11.6 Å². The maximum atomic E-state index is 13.2. The van der Waals surface area contributed by atoms with Gasteiger partial charge in [0, 0.05) is 10.5 Å². The Morgan fingerprint density at radius 2 is 1.89 bits per heavy atom. The standard InChI is InChI=1S/C14H11BrClF2N/c15-11-3-2-9(17)7-10(11)14(19)6-8-1-4-13(18)12(16)5-8/h1-5,7,14H,6,19H2. The third-order valence-electron chi connectivity index (χ3n) is 2.80. The third kappa shape index (κ3) is 3.53. The summed E-state index contributed by atoms with van der Waals surface area (Å²) in [5.41, 5.74) is 7.52. The number of halogens is 4. The van der Waals surface area contributed by atoms with Gasteiger partial charge in [-0.3, -0.25) is 0 Å². The van der Waals surface area contributed by atoms with Gasteiger partial charge in [-0.05, 0) is 47.9 Å². The molecule has 2 aromatic carbocycles. The van der Waals surface area contributed by atoms with Crippen LogP contribution in [0.2, 0.25) is 5.02 Å². The zero-order chi connectivity index (χ0) is 14.0. The first kappa shape index (κ1) is 14.4. The van der Waals surface area contributed by atoms with Crippen molar-refractivity contribution in [2.45, 2.75) is 12.5 Å². The van der Waals surface area contributed by atoms with Crippen molar-refractivity contribution < 1.29 is 8.78 Å². The van der Waals surface area contributed by atoms with Gasteiger partial charge in [0.2, 0.25) is 0 Å². The number of rotatable bonds is 3. The molecule has 0 aliphatic carbocycles. The van der Waals surface area contributed by atoms with Crippen molar-refractivity contribution in [2.24, 2.45) is 5.73 Å². The van der Waals surface area contributed by atoms with Crippen molar-refractivity contribution in [1.82, 2.24) is 0 Å². The van der Waals surface area contributed by atoms with Gasteiger partial charge < -0.3 is 5.73 Å². The van der Waals surface area contributed by atoms with E-state index in [2.05, 4.69) is 15.9 Å². The molecule has 0 saturated heterocycles. The fourth-order valence-electron chi connectivity index (χ4n) is 1.83. The molecule has 0 radical (unpaired) electrons. The lowest BCUT2D eigenvalue weighted by molar-refractivity contribution is 0.616. The summed E-state index contributed by atoms with van der Waals surface area (Å²) in [6.07, 6.45) is 0.446. The van der Waals surface area contributed by atoms with E-state index in [4.69, 9.17) is 17.3 Å². The van der Waals surface area contributed by atoms with Gasteiger partial charge in [-0.25, -0.2) is 8.78 Å². The van der Waals surface area contributed by atoms with E-state index in [1.165, 1.54) is 24.3 Å². The summed E-state index contributed by atoms with van der Waals surface area (Å²) in [6, 6.07) is 8.41. The van der Waals surface area contributed by atoms with Crippen LogP contribution in [-0.2, 0) is 6.42 Å². The van der Waals surface area contributed by atoms with Crippen LogP contribution in [0, 0.1) is 11.6 Å². The van der Waals surface area contributed by atoms with Crippen LogP contribution in [0.5, 0.6) is 0 Å². The Labute approximate surface area is 123 Å².